The topological polar surface area (TPSA) is 88.3 Å². The monoisotopic (exact) mass is 444 g/mol. The summed E-state index contributed by atoms with van der Waals surface area (Å²) in [4.78, 5) is 31.0. The molecule has 2 aromatic rings. The summed E-state index contributed by atoms with van der Waals surface area (Å²) >= 11 is 1.33. The van der Waals surface area contributed by atoms with Crippen LogP contribution >= 0.6 is 36.2 Å². The lowest BCUT2D eigenvalue weighted by atomic mass is 9.79. The van der Waals surface area contributed by atoms with Gasteiger partial charge in [-0.15, -0.1) is 36.2 Å². The van der Waals surface area contributed by atoms with E-state index in [0.717, 1.165) is 6.42 Å². The zero-order valence-electron chi connectivity index (χ0n) is 15.9. The number of anilines is 1. The molecule has 1 aliphatic heterocycles. The highest BCUT2D eigenvalue weighted by atomic mass is 35.5. The predicted molar refractivity (Wildman–Crippen MR) is 118 cm³/mol. The molecule has 1 fully saturated rings. The molecule has 1 unspecified atom stereocenters. The Labute approximate surface area is 181 Å². The van der Waals surface area contributed by atoms with Crippen LogP contribution in [-0.2, 0) is 11.2 Å². The van der Waals surface area contributed by atoms with Crippen molar-refractivity contribution in [2.75, 3.05) is 18.4 Å². The molecule has 1 aromatic carbocycles. The fourth-order valence-corrected chi connectivity index (χ4v) is 3.76. The van der Waals surface area contributed by atoms with Gasteiger partial charge in [0.15, 0.2) is 5.13 Å². The van der Waals surface area contributed by atoms with Gasteiger partial charge in [0.1, 0.15) is 0 Å². The standard InChI is InChI=1S/C19H24N4O2S.2ClH/c1-19(2)12-23(9-8-15(19)20)16(24)10-14-11-26-18(21-14)22-17(25)13-6-4-3-5-7-13;;/h3-7,11,15H,8-10,12,20H2,1-2H3,(H,21,22,25);2*1H. The van der Waals surface area contributed by atoms with E-state index < -0.39 is 0 Å². The van der Waals surface area contributed by atoms with Gasteiger partial charge in [0.05, 0.1) is 12.1 Å². The Hall–Kier alpha value is -1.67. The first kappa shape index (κ1) is 24.4. The summed E-state index contributed by atoms with van der Waals surface area (Å²) in [5, 5.41) is 5.10. The largest absolute Gasteiger partial charge is 0.342 e. The number of nitrogens with one attached hydrogen (secondary N) is 1. The molecule has 6 nitrogen and oxygen atoms in total. The highest BCUT2D eigenvalue weighted by molar-refractivity contribution is 7.14. The molecule has 1 aromatic heterocycles. The van der Waals surface area contributed by atoms with Crippen molar-refractivity contribution in [1.29, 1.82) is 0 Å². The summed E-state index contributed by atoms with van der Waals surface area (Å²) in [6.45, 7) is 5.54. The number of nitrogens with zero attached hydrogens (tertiary/aromatic N) is 2. The quantitative estimate of drug-likeness (QED) is 0.756. The van der Waals surface area contributed by atoms with Crippen LogP contribution in [0.2, 0.25) is 0 Å². The average Bonchev–Trinajstić information content (AvgIpc) is 3.04. The van der Waals surface area contributed by atoms with Gasteiger partial charge in [0.25, 0.3) is 5.91 Å². The van der Waals surface area contributed by atoms with Gasteiger partial charge in [-0.1, -0.05) is 32.0 Å². The molecule has 154 valence electrons. The number of piperidine rings is 1. The number of benzene rings is 1. The second-order valence-corrected chi connectivity index (χ2v) is 8.20. The second-order valence-electron chi connectivity index (χ2n) is 7.34. The molecule has 0 bridgehead atoms. The number of thiazole rings is 1. The maximum atomic E-state index is 12.6. The van der Waals surface area contributed by atoms with Crippen molar-refractivity contribution in [3.05, 3.63) is 47.0 Å². The first-order valence-corrected chi connectivity index (χ1v) is 9.57. The van der Waals surface area contributed by atoms with Gasteiger partial charge in [-0.05, 0) is 24.0 Å². The predicted octanol–water partition coefficient (Wildman–Crippen LogP) is 3.37. The number of carbonyl (C=O) groups is 2. The number of hydrogen-bond donors (Lipinski definition) is 2. The van der Waals surface area contributed by atoms with E-state index in [4.69, 9.17) is 5.73 Å². The van der Waals surface area contributed by atoms with Crippen LogP contribution in [0, 0.1) is 5.41 Å². The van der Waals surface area contributed by atoms with Crippen molar-refractivity contribution in [3.8, 4) is 0 Å². The fourth-order valence-electron chi connectivity index (χ4n) is 3.06. The Morgan fingerprint density at radius 2 is 1.96 bits per heavy atom. The molecule has 0 aliphatic carbocycles. The lowest BCUT2D eigenvalue weighted by Crippen LogP contribution is -2.54. The lowest BCUT2D eigenvalue weighted by molar-refractivity contribution is -0.133. The average molecular weight is 445 g/mol. The van der Waals surface area contributed by atoms with Crippen LogP contribution < -0.4 is 11.1 Å². The Morgan fingerprint density at radius 3 is 2.61 bits per heavy atom. The first-order chi connectivity index (χ1) is 12.3. The molecule has 1 saturated heterocycles. The minimum atomic E-state index is -0.204. The number of aromatic nitrogens is 1. The molecule has 1 atom stereocenters. The molecule has 0 radical (unpaired) electrons. The smallest absolute Gasteiger partial charge is 0.257 e. The van der Waals surface area contributed by atoms with E-state index in [-0.39, 0.29) is 54.5 Å². The van der Waals surface area contributed by atoms with Gasteiger partial charge in [0.2, 0.25) is 5.91 Å². The molecule has 3 N–H and O–H groups in total. The van der Waals surface area contributed by atoms with E-state index >= 15 is 0 Å². The minimum absolute atomic E-state index is 0. The van der Waals surface area contributed by atoms with Crippen molar-refractivity contribution in [1.82, 2.24) is 9.88 Å². The third-order valence-corrected chi connectivity index (χ3v) is 5.61. The molecule has 0 saturated carbocycles. The normalized spacial score (nSPS) is 17.8. The van der Waals surface area contributed by atoms with Crippen molar-refractivity contribution in [3.63, 3.8) is 0 Å². The van der Waals surface area contributed by atoms with Gasteiger partial charge in [-0.25, -0.2) is 4.98 Å². The maximum Gasteiger partial charge on any atom is 0.257 e. The maximum absolute atomic E-state index is 12.6. The van der Waals surface area contributed by atoms with Gasteiger partial charge >= 0.3 is 0 Å². The molecule has 2 amide bonds. The number of carbonyl (C=O) groups excluding carboxylic acids is 2. The second kappa shape index (κ2) is 10.2. The zero-order valence-corrected chi connectivity index (χ0v) is 18.3. The zero-order chi connectivity index (χ0) is 18.7. The van der Waals surface area contributed by atoms with Crippen LogP contribution in [0.25, 0.3) is 0 Å². The van der Waals surface area contributed by atoms with Crippen LogP contribution in [0.5, 0.6) is 0 Å². The molecular formula is C19H26Cl2N4O2S. The fraction of sp³-hybridized carbons (Fsp3) is 0.421. The van der Waals surface area contributed by atoms with E-state index in [1.165, 1.54) is 11.3 Å². The summed E-state index contributed by atoms with van der Waals surface area (Å²) in [6.07, 6.45) is 1.05. The Balaban J connectivity index is 0.00000196. The Bertz CT molecular complexity index is 798. The van der Waals surface area contributed by atoms with E-state index in [9.17, 15) is 9.59 Å². The van der Waals surface area contributed by atoms with Gasteiger partial charge < -0.3 is 10.6 Å². The highest BCUT2D eigenvalue weighted by Crippen LogP contribution is 2.28. The lowest BCUT2D eigenvalue weighted by Gasteiger charge is -2.42. The summed E-state index contributed by atoms with van der Waals surface area (Å²) in [7, 11) is 0. The number of amides is 2. The van der Waals surface area contributed by atoms with Crippen molar-refractivity contribution >= 4 is 53.1 Å². The number of halogens is 2. The first-order valence-electron chi connectivity index (χ1n) is 8.69. The number of likely N-dealkylation sites (tertiary alicyclic amines) is 1. The third-order valence-electron chi connectivity index (χ3n) is 4.81. The van der Waals surface area contributed by atoms with E-state index in [1.807, 2.05) is 28.5 Å². The Morgan fingerprint density at radius 1 is 1.29 bits per heavy atom. The summed E-state index contributed by atoms with van der Waals surface area (Å²) in [5.74, 6) is -0.152. The third kappa shape index (κ3) is 5.91. The highest BCUT2D eigenvalue weighted by Gasteiger charge is 2.35. The van der Waals surface area contributed by atoms with Crippen molar-refractivity contribution in [2.45, 2.75) is 32.7 Å². The van der Waals surface area contributed by atoms with E-state index in [1.54, 1.807) is 12.1 Å². The number of rotatable bonds is 4. The van der Waals surface area contributed by atoms with Crippen molar-refractivity contribution in [2.24, 2.45) is 11.1 Å². The molecule has 2 heterocycles. The van der Waals surface area contributed by atoms with Gasteiger partial charge in [0, 0.05) is 30.1 Å². The minimum Gasteiger partial charge on any atom is -0.342 e. The molecular weight excluding hydrogens is 419 g/mol. The summed E-state index contributed by atoms with van der Waals surface area (Å²) < 4.78 is 0. The summed E-state index contributed by atoms with van der Waals surface area (Å²) in [6, 6.07) is 9.09. The van der Waals surface area contributed by atoms with Crippen LogP contribution in [0.1, 0.15) is 36.3 Å². The molecule has 3 rings (SSSR count). The van der Waals surface area contributed by atoms with E-state index in [2.05, 4.69) is 24.1 Å². The van der Waals surface area contributed by atoms with Gasteiger partial charge in [-0.3, -0.25) is 14.9 Å². The van der Waals surface area contributed by atoms with Crippen LogP contribution in [0.15, 0.2) is 35.7 Å². The van der Waals surface area contributed by atoms with Crippen LogP contribution in [-0.4, -0.2) is 40.8 Å². The van der Waals surface area contributed by atoms with Crippen molar-refractivity contribution < 1.29 is 9.59 Å². The number of nitrogens with two attached hydrogens (primary N) is 1. The van der Waals surface area contributed by atoms with Crippen LogP contribution in [0.3, 0.4) is 0 Å². The SMILES string of the molecule is CC1(C)CN(C(=O)Cc2csc(NC(=O)c3ccccc3)n2)CCC1N.Cl.Cl. The van der Waals surface area contributed by atoms with E-state index in [0.29, 0.717) is 29.5 Å². The molecule has 1 aliphatic rings. The van der Waals surface area contributed by atoms with Crippen LogP contribution in [0.4, 0.5) is 5.13 Å². The summed E-state index contributed by atoms with van der Waals surface area (Å²) in [5.41, 5.74) is 7.31. The Kier molecular flexibility index (Phi) is 8.88. The van der Waals surface area contributed by atoms with Gasteiger partial charge in [-0.2, -0.15) is 0 Å². The molecule has 0 spiro atoms. The molecule has 28 heavy (non-hydrogen) atoms. The molecule has 9 heteroatoms. The number of hydrogen-bond acceptors (Lipinski definition) is 5.